The number of anilines is 1. The van der Waals surface area contributed by atoms with Gasteiger partial charge in [-0.1, -0.05) is 18.2 Å². The summed E-state index contributed by atoms with van der Waals surface area (Å²) in [6.07, 6.45) is -7.17. The Balaban J connectivity index is 1.90. The first-order chi connectivity index (χ1) is 13.9. The highest BCUT2D eigenvalue weighted by atomic mass is 19.4. The number of aromatic nitrogens is 2. The maximum absolute atomic E-state index is 13.3. The van der Waals surface area contributed by atoms with Crippen molar-refractivity contribution in [2.24, 2.45) is 0 Å². The van der Waals surface area contributed by atoms with Crippen LogP contribution in [-0.4, -0.2) is 15.5 Å². The second-order valence-corrected chi connectivity index (χ2v) is 6.57. The van der Waals surface area contributed by atoms with Gasteiger partial charge in [-0.25, -0.2) is 4.98 Å². The van der Waals surface area contributed by atoms with Crippen molar-refractivity contribution >= 4 is 11.6 Å². The van der Waals surface area contributed by atoms with Gasteiger partial charge in [0.15, 0.2) is 0 Å². The Bertz CT molecular complexity index is 1070. The van der Waals surface area contributed by atoms with Gasteiger partial charge >= 0.3 is 12.4 Å². The average Bonchev–Trinajstić information content (AvgIpc) is 3.06. The van der Waals surface area contributed by atoms with Crippen LogP contribution in [0.15, 0.2) is 55.0 Å². The van der Waals surface area contributed by atoms with Gasteiger partial charge in [0, 0.05) is 17.6 Å². The maximum Gasteiger partial charge on any atom is 0.416 e. The molecule has 0 unspecified atom stereocenters. The number of hydrogen-bond donors (Lipinski definition) is 1. The minimum atomic E-state index is -4.69. The summed E-state index contributed by atoms with van der Waals surface area (Å²) in [7, 11) is 0. The van der Waals surface area contributed by atoms with Crippen molar-refractivity contribution in [3.63, 3.8) is 0 Å². The summed E-state index contributed by atoms with van der Waals surface area (Å²) in [4.78, 5) is 16.2. The molecule has 10 heteroatoms. The molecule has 30 heavy (non-hydrogen) atoms. The lowest BCUT2D eigenvalue weighted by Gasteiger charge is -2.15. The molecule has 3 aromatic rings. The van der Waals surface area contributed by atoms with Crippen LogP contribution >= 0.6 is 0 Å². The van der Waals surface area contributed by atoms with Crippen LogP contribution in [0.25, 0.3) is 5.69 Å². The van der Waals surface area contributed by atoms with Gasteiger partial charge in [-0.05, 0) is 36.8 Å². The van der Waals surface area contributed by atoms with Gasteiger partial charge in [0.25, 0.3) is 0 Å². The largest absolute Gasteiger partial charge is 0.416 e. The second kappa shape index (κ2) is 7.85. The smallest absolute Gasteiger partial charge is 0.326 e. The van der Waals surface area contributed by atoms with Crippen LogP contribution in [0, 0.1) is 6.92 Å². The minimum absolute atomic E-state index is 0.0939. The number of rotatable bonds is 4. The van der Waals surface area contributed by atoms with E-state index in [-0.39, 0.29) is 16.9 Å². The van der Waals surface area contributed by atoms with E-state index in [1.54, 1.807) is 6.92 Å². The highest BCUT2D eigenvalue weighted by Gasteiger charge is 2.34. The third-order valence-electron chi connectivity index (χ3n) is 4.21. The van der Waals surface area contributed by atoms with Crippen molar-refractivity contribution in [2.45, 2.75) is 25.7 Å². The van der Waals surface area contributed by atoms with E-state index >= 15 is 0 Å². The van der Waals surface area contributed by atoms with Crippen LogP contribution in [-0.2, 0) is 23.6 Å². The molecular weight excluding hydrogens is 412 g/mol. The number of alkyl halides is 6. The van der Waals surface area contributed by atoms with Gasteiger partial charge < -0.3 is 9.88 Å². The molecule has 158 valence electrons. The normalized spacial score (nSPS) is 12.1. The lowest BCUT2D eigenvalue weighted by Crippen LogP contribution is -2.18. The van der Waals surface area contributed by atoms with Crippen molar-refractivity contribution in [1.29, 1.82) is 0 Å². The van der Waals surface area contributed by atoms with Crippen LogP contribution in [0.2, 0.25) is 0 Å². The first kappa shape index (κ1) is 21.4. The molecule has 1 aromatic heterocycles. The summed E-state index contributed by atoms with van der Waals surface area (Å²) in [5.74, 6) is -0.876. The number of hydrogen-bond acceptors (Lipinski definition) is 2. The molecule has 0 fully saturated rings. The molecule has 0 bridgehead atoms. The number of imidazole rings is 1. The van der Waals surface area contributed by atoms with E-state index in [2.05, 4.69) is 10.3 Å². The number of carbonyl (C=O) groups excluding carboxylic acids is 1. The topological polar surface area (TPSA) is 46.9 Å². The van der Waals surface area contributed by atoms with Gasteiger partial charge in [0.1, 0.15) is 0 Å². The molecule has 0 saturated heterocycles. The Morgan fingerprint density at radius 1 is 1.03 bits per heavy atom. The summed E-state index contributed by atoms with van der Waals surface area (Å²) in [5, 5.41) is 2.26. The van der Waals surface area contributed by atoms with Crippen LogP contribution in [0.5, 0.6) is 0 Å². The molecule has 0 aliphatic rings. The van der Waals surface area contributed by atoms with Crippen molar-refractivity contribution in [1.82, 2.24) is 9.55 Å². The van der Waals surface area contributed by atoms with E-state index in [9.17, 15) is 31.1 Å². The first-order valence-electron chi connectivity index (χ1n) is 8.62. The van der Waals surface area contributed by atoms with E-state index in [0.29, 0.717) is 5.69 Å². The van der Waals surface area contributed by atoms with Crippen LogP contribution in [0.3, 0.4) is 0 Å². The Kier molecular flexibility index (Phi) is 5.60. The highest BCUT2D eigenvalue weighted by Crippen LogP contribution is 2.34. The van der Waals surface area contributed by atoms with Gasteiger partial charge in [0.05, 0.1) is 29.6 Å². The van der Waals surface area contributed by atoms with E-state index in [4.69, 9.17) is 0 Å². The van der Waals surface area contributed by atoms with Crippen LogP contribution in [0.1, 0.15) is 22.4 Å². The predicted molar refractivity (Wildman–Crippen MR) is 97.1 cm³/mol. The molecule has 0 aliphatic heterocycles. The number of aryl methyl sites for hydroxylation is 1. The monoisotopic (exact) mass is 427 g/mol. The zero-order chi connectivity index (χ0) is 22.1. The van der Waals surface area contributed by atoms with Crippen LogP contribution < -0.4 is 5.32 Å². The fourth-order valence-corrected chi connectivity index (χ4v) is 2.89. The number of carbonyl (C=O) groups is 1. The van der Waals surface area contributed by atoms with Crippen molar-refractivity contribution in [3.05, 3.63) is 77.4 Å². The molecule has 1 N–H and O–H groups in total. The molecule has 0 spiro atoms. The van der Waals surface area contributed by atoms with Gasteiger partial charge in [-0.2, -0.15) is 26.3 Å². The summed E-state index contributed by atoms with van der Waals surface area (Å²) >= 11 is 0. The molecule has 3 rings (SSSR count). The fraction of sp³-hybridized carbons (Fsp3) is 0.200. The summed E-state index contributed by atoms with van der Waals surface area (Å²) in [5.41, 5.74) is -1.80. The molecule has 0 saturated carbocycles. The minimum Gasteiger partial charge on any atom is -0.326 e. The summed E-state index contributed by atoms with van der Waals surface area (Å²) in [6.45, 7) is 1.66. The molecular formula is C20H15F6N3O. The zero-order valence-corrected chi connectivity index (χ0v) is 15.5. The van der Waals surface area contributed by atoms with E-state index < -0.39 is 35.8 Å². The lowest BCUT2D eigenvalue weighted by atomic mass is 10.0. The summed E-state index contributed by atoms with van der Waals surface area (Å²) in [6, 6.07) is 7.42. The second-order valence-electron chi connectivity index (χ2n) is 6.57. The SMILES string of the molecule is Cc1cn(-c2cc(NC(=O)Cc3ccccc3C(F)(F)F)cc(C(F)(F)F)c2)cn1. The standard InChI is InChI=1S/C20H15F6N3O/c1-12-10-29(11-27-12)16-8-14(19(21,22)23)7-15(9-16)28-18(30)6-13-4-2-3-5-17(13)20(24,25)26/h2-5,7-11H,6H2,1H3,(H,28,30). The number of amides is 1. The first-order valence-corrected chi connectivity index (χ1v) is 8.62. The quantitative estimate of drug-likeness (QED) is 0.567. The third-order valence-corrected chi connectivity index (χ3v) is 4.21. The molecule has 0 aliphatic carbocycles. The fourth-order valence-electron chi connectivity index (χ4n) is 2.89. The Morgan fingerprint density at radius 2 is 1.73 bits per heavy atom. The number of nitrogens with one attached hydrogen (secondary N) is 1. The number of benzene rings is 2. The lowest BCUT2D eigenvalue weighted by molar-refractivity contribution is -0.139. The van der Waals surface area contributed by atoms with Crippen molar-refractivity contribution in [3.8, 4) is 5.69 Å². The summed E-state index contributed by atoms with van der Waals surface area (Å²) < 4.78 is 80.4. The molecule has 0 atom stereocenters. The molecule has 0 radical (unpaired) electrons. The van der Waals surface area contributed by atoms with Crippen molar-refractivity contribution < 1.29 is 31.1 Å². The Hall–Kier alpha value is -3.30. The average molecular weight is 427 g/mol. The van der Waals surface area contributed by atoms with Gasteiger partial charge in [0.2, 0.25) is 5.91 Å². The third kappa shape index (κ3) is 5.00. The predicted octanol–water partition coefficient (Wildman–Crippen LogP) is 5.40. The van der Waals surface area contributed by atoms with E-state index in [0.717, 1.165) is 24.3 Å². The molecule has 1 heterocycles. The van der Waals surface area contributed by atoms with Gasteiger partial charge in [-0.3, -0.25) is 4.79 Å². The molecule has 4 nitrogen and oxygen atoms in total. The van der Waals surface area contributed by atoms with E-state index in [1.807, 2.05) is 0 Å². The zero-order valence-electron chi connectivity index (χ0n) is 15.5. The van der Waals surface area contributed by atoms with Crippen molar-refractivity contribution in [2.75, 3.05) is 5.32 Å². The van der Waals surface area contributed by atoms with Crippen LogP contribution in [0.4, 0.5) is 32.0 Å². The Morgan fingerprint density at radius 3 is 2.33 bits per heavy atom. The maximum atomic E-state index is 13.3. The molecule has 1 amide bonds. The molecule has 2 aromatic carbocycles. The Labute approximate surface area is 167 Å². The number of halogens is 6. The van der Waals surface area contributed by atoms with E-state index in [1.165, 1.54) is 35.3 Å². The van der Waals surface area contributed by atoms with Gasteiger partial charge in [-0.15, -0.1) is 0 Å². The highest BCUT2D eigenvalue weighted by molar-refractivity contribution is 5.92. The number of nitrogens with zero attached hydrogens (tertiary/aromatic N) is 2.